The highest BCUT2D eigenvalue weighted by atomic mass is 35.5. The van der Waals surface area contributed by atoms with Crippen LogP contribution in [0.3, 0.4) is 0 Å². The Morgan fingerprint density at radius 2 is 1.91 bits per heavy atom. The minimum Gasteiger partial charge on any atom is -0.352 e. The van der Waals surface area contributed by atoms with Gasteiger partial charge < -0.3 is 19.7 Å². The molecule has 2 aromatic carbocycles. The first-order valence-corrected chi connectivity index (χ1v) is 19.8. The minimum atomic E-state index is -0.496. The number of rotatable bonds is 7. The molecule has 12 heteroatoms. The van der Waals surface area contributed by atoms with Gasteiger partial charge in [-0.05, 0) is 87.3 Å². The zero-order chi connectivity index (χ0) is 37.2. The van der Waals surface area contributed by atoms with Crippen LogP contribution in [0.5, 0.6) is 0 Å². The van der Waals surface area contributed by atoms with E-state index in [1.165, 1.54) is 6.07 Å². The molecule has 6 fully saturated rings. The number of benzene rings is 2. The number of fused-ring (bicyclic) bond motifs is 6. The zero-order valence-electron chi connectivity index (χ0n) is 30.1. The molecular weight excluding hydrogens is 727 g/mol. The summed E-state index contributed by atoms with van der Waals surface area (Å²) in [4.78, 5) is 28.0. The van der Waals surface area contributed by atoms with E-state index in [4.69, 9.17) is 28.2 Å². The normalized spacial score (nSPS) is 25.8. The molecule has 5 aromatic rings. The standard InChI is InChI=1S/C42H39Cl2F2N7O/c1-20-11-31(45)41(49-16-20)51-18-25-12-26(19-51)52(42(54)22-8-9-22)39(25)33-15-28-21(2)50-37-29(40(28)53(33)38-24-14-32(38)48-17-24)13-23(5-4-10-47)34(36(37)46)27-6-3-7-30(43)35(27)44/h3,6-7,11,13,15-16,22,24-26,32,38-39,48H,4-5,8-9,12,14,17-19H2,1-2H3/t24-,25+,26-,32-,38+,39-/m1/s1. The van der Waals surface area contributed by atoms with Gasteiger partial charge in [-0.1, -0.05) is 35.3 Å². The Morgan fingerprint density at radius 3 is 2.63 bits per heavy atom. The van der Waals surface area contributed by atoms with Gasteiger partial charge in [-0.25, -0.2) is 18.7 Å². The van der Waals surface area contributed by atoms with Gasteiger partial charge in [0.25, 0.3) is 0 Å². The number of carbonyl (C=O) groups is 1. The van der Waals surface area contributed by atoms with Crippen molar-refractivity contribution in [1.82, 2.24) is 24.8 Å². The van der Waals surface area contributed by atoms with E-state index in [-0.39, 0.29) is 64.7 Å². The predicted octanol–water partition coefficient (Wildman–Crippen LogP) is 8.63. The number of nitriles is 1. The first kappa shape index (κ1) is 34.2. The smallest absolute Gasteiger partial charge is 0.226 e. The van der Waals surface area contributed by atoms with Crippen molar-refractivity contribution in [3.63, 3.8) is 0 Å². The molecule has 8 nitrogen and oxygen atoms in total. The Hall–Kier alpha value is -4.30. The van der Waals surface area contributed by atoms with Gasteiger partial charge in [-0.15, -0.1) is 0 Å². The van der Waals surface area contributed by atoms with E-state index < -0.39 is 5.82 Å². The Labute approximate surface area is 322 Å². The van der Waals surface area contributed by atoms with Crippen LogP contribution in [0.2, 0.25) is 10.0 Å². The van der Waals surface area contributed by atoms with Crippen LogP contribution in [-0.4, -0.2) is 57.1 Å². The van der Waals surface area contributed by atoms with Crippen LogP contribution in [0, 0.1) is 54.6 Å². The van der Waals surface area contributed by atoms with Crippen molar-refractivity contribution in [3.05, 3.63) is 86.8 Å². The molecule has 0 unspecified atom stereocenters. The second-order valence-electron chi connectivity index (χ2n) is 16.1. The number of pyridine rings is 2. The third-order valence-electron chi connectivity index (χ3n) is 12.8. The SMILES string of the molecule is Cc1cnc(N2C[C@@H]3C[C@H](C2)N(C(=O)C2CC2)[C@H]3c2cc3c(C)nc4c(F)c(-c5cccc(Cl)c5Cl)c(CCC#N)cc4c3n2[C@H]2[C@H]3CN[C@@H]2C3)c(F)c1. The molecule has 6 atom stereocenters. The average Bonchev–Trinajstić information content (AvgIpc) is 3.42. The maximum atomic E-state index is 17.3. The van der Waals surface area contributed by atoms with Crippen molar-refractivity contribution >= 4 is 56.7 Å². The Kier molecular flexibility index (Phi) is 8.00. The summed E-state index contributed by atoms with van der Waals surface area (Å²) in [7, 11) is 0. The second kappa shape index (κ2) is 12.6. The highest BCUT2D eigenvalue weighted by molar-refractivity contribution is 6.43. The summed E-state index contributed by atoms with van der Waals surface area (Å²) >= 11 is 13.2. The quantitative estimate of drug-likeness (QED) is 0.179. The number of likely N-dealkylation sites (tertiary alicyclic amines) is 1. The van der Waals surface area contributed by atoms with Crippen LogP contribution in [-0.2, 0) is 11.2 Å². The van der Waals surface area contributed by atoms with Crippen LogP contribution < -0.4 is 10.2 Å². The van der Waals surface area contributed by atoms with Crippen molar-refractivity contribution < 1.29 is 13.6 Å². The fourth-order valence-corrected chi connectivity index (χ4v) is 10.6. The van der Waals surface area contributed by atoms with E-state index in [0.29, 0.717) is 64.0 Å². The third kappa shape index (κ3) is 5.11. The maximum absolute atomic E-state index is 17.3. The lowest BCUT2D eigenvalue weighted by Crippen LogP contribution is -2.45. The first-order valence-electron chi connectivity index (χ1n) is 19.0. The van der Waals surface area contributed by atoms with Crippen molar-refractivity contribution in [2.24, 2.45) is 17.8 Å². The number of nitrogens with zero attached hydrogens (tertiary/aromatic N) is 6. The molecule has 2 aliphatic carbocycles. The van der Waals surface area contributed by atoms with E-state index in [1.54, 1.807) is 24.4 Å². The Balaban J connectivity index is 1.21. The molecule has 11 rings (SSSR count). The highest BCUT2D eigenvalue weighted by Crippen LogP contribution is 2.54. The fraction of sp³-hybridized carbons (Fsp3) is 0.429. The number of anilines is 1. The zero-order valence-corrected chi connectivity index (χ0v) is 31.6. The number of hydrogen-bond donors (Lipinski definition) is 1. The minimum absolute atomic E-state index is 0.00618. The molecule has 0 radical (unpaired) electrons. The molecule has 1 amide bonds. The number of aryl methyl sites for hydroxylation is 3. The number of hydrogen-bond acceptors (Lipinski definition) is 6. The van der Waals surface area contributed by atoms with Crippen molar-refractivity contribution in [2.75, 3.05) is 24.5 Å². The molecule has 4 saturated heterocycles. The van der Waals surface area contributed by atoms with E-state index in [2.05, 4.69) is 31.9 Å². The highest BCUT2D eigenvalue weighted by Gasteiger charge is 2.55. The van der Waals surface area contributed by atoms with Gasteiger partial charge in [-0.3, -0.25) is 4.79 Å². The molecule has 4 bridgehead atoms. The molecule has 7 heterocycles. The van der Waals surface area contributed by atoms with E-state index in [0.717, 1.165) is 54.4 Å². The number of nitrogens with one attached hydrogen (secondary N) is 1. The number of piperidine rings is 1. The molecule has 54 heavy (non-hydrogen) atoms. The van der Waals surface area contributed by atoms with Gasteiger partial charge >= 0.3 is 0 Å². The molecule has 1 N–H and O–H groups in total. The molecular formula is C42H39Cl2F2N7O. The van der Waals surface area contributed by atoms with E-state index >= 15 is 8.78 Å². The molecule has 4 aliphatic heterocycles. The van der Waals surface area contributed by atoms with Crippen LogP contribution in [0.1, 0.15) is 66.7 Å². The second-order valence-corrected chi connectivity index (χ2v) is 16.9. The average molecular weight is 767 g/mol. The summed E-state index contributed by atoms with van der Waals surface area (Å²) in [6, 6.07) is 13.1. The lowest BCUT2D eigenvalue weighted by molar-refractivity contribution is -0.135. The van der Waals surface area contributed by atoms with Gasteiger partial charge in [0.15, 0.2) is 17.5 Å². The van der Waals surface area contributed by atoms with Gasteiger partial charge in [0.1, 0.15) is 5.52 Å². The first-order chi connectivity index (χ1) is 26.1. The van der Waals surface area contributed by atoms with Crippen LogP contribution >= 0.6 is 23.2 Å². The molecule has 3 aromatic heterocycles. The summed E-state index contributed by atoms with van der Waals surface area (Å²) in [5.74, 6) is 0.0814. The third-order valence-corrected chi connectivity index (χ3v) is 13.6. The largest absolute Gasteiger partial charge is 0.352 e. The molecule has 276 valence electrons. The Morgan fingerprint density at radius 1 is 1.07 bits per heavy atom. The van der Waals surface area contributed by atoms with Crippen molar-refractivity contribution in [1.29, 1.82) is 5.26 Å². The maximum Gasteiger partial charge on any atom is 0.226 e. The van der Waals surface area contributed by atoms with Crippen LogP contribution in [0.25, 0.3) is 32.9 Å². The van der Waals surface area contributed by atoms with Gasteiger partial charge in [-0.2, -0.15) is 5.26 Å². The number of carbonyl (C=O) groups excluding carboxylic acids is 1. The lowest BCUT2D eigenvalue weighted by atomic mass is 9.79. The monoisotopic (exact) mass is 765 g/mol. The van der Waals surface area contributed by atoms with E-state index in [9.17, 15) is 10.1 Å². The number of aromatic nitrogens is 3. The summed E-state index contributed by atoms with van der Waals surface area (Å²) in [5.41, 5.74) is 5.06. The number of halogens is 4. The molecule has 6 aliphatic rings. The topological polar surface area (TPSA) is 90.1 Å². The number of amides is 1. The fourth-order valence-electron chi connectivity index (χ4n) is 10.2. The summed E-state index contributed by atoms with van der Waals surface area (Å²) in [6.07, 6.45) is 5.85. The summed E-state index contributed by atoms with van der Waals surface area (Å²) in [6.45, 7) is 5.73. The Bertz CT molecular complexity index is 2440. The van der Waals surface area contributed by atoms with Crippen LogP contribution in [0.4, 0.5) is 14.6 Å². The van der Waals surface area contributed by atoms with Gasteiger partial charge in [0, 0.05) is 83.4 Å². The molecule has 0 spiro atoms. The van der Waals surface area contributed by atoms with Gasteiger partial charge in [0.2, 0.25) is 5.91 Å². The summed E-state index contributed by atoms with van der Waals surface area (Å²) in [5, 5.41) is 15.5. The predicted molar refractivity (Wildman–Crippen MR) is 206 cm³/mol. The van der Waals surface area contributed by atoms with E-state index in [1.807, 2.05) is 24.8 Å². The summed E-state index contributed by atoms with van der Waals surface area (Å²) < 4.78 is 35.2. The van der Waals surface area contributed by atoms with Crippen LogP contribution in [0.15, 0.2) is 42.6 Å². The lowest BCUT2D eigenvalue weighted by Gasteiger charge is -2.40. The van der Waals surface area contributed by atoms with Crippen molar-refractivity contribution in [2.45, 2.75) is 76.5 Å². The molecule has 2 saturated carbocycles. The van der Waals surface area contributed by atoms with Gasteiger partial charge in [0.05, 0.1) is 39.8 Å². The van der Waals surface area contributed by atoms with Crippen molar-refractivity contribution in [3.8, 4) is 17.2 Å².